The van der Waals surface area contributed by atoms with Crippen LogP contribution < -0.4 is 10.6 Å². The molecule has 0 fully saturated rings. The molecule has 27 heavy (non-hydrogen) atoms. The predicted molar refractivity (Wildman–Crippen MR) is 103 cm³/mol. The molecule has 2 aromatic rings. The summed E-state index contributed by atoms with van der Waals surface area (Å²) in [6.07, 6.45) is 0.825. The van der Waals surface area contributed by atoms with Gasteiger partial charge in [0.25, 0.3) is 17.5 Å². The maximum atomic E-state index is 12.3. The molecule has 2 rings (SSSR count). The normalized spacial score (nSPS) is 11.5. The standard InChI is InChI=1S/C19H20ClN3O4/c1-3-12(2)22-18(24)14-6-4-5-13(9-14)11-21-19(25)16-10-15(23(26)27)7-8-17(16)20/h4-10,12H,3,11H2,1-2H3,(H,21,25)(H,22,24). The molecule has 0 spiro atoms. The lowest BCUT2D eigenvalue weighted by Crippen LogP contribution is -2.32. The molecule has 2 amide bonds. The number of hydrogen-bond donors (Lipinski definition) is 2. The van der Waals surface area contributed by atoms with Gasteiger partial charge in [0.15, 0.2) is 0 Å². The molecule has 142 valence electrons. The van der Waals surface area contributed by atoms with Gasteiger partial charge >= 0.3 is 0 Å². The van der Waals surface area contributed by atoms with Gasteiger partial charge < -0.3 is 10.6 Å². The zero-order valence-corrected chi connectivity index (χ0v) is 15.7. The van der Waals surface area contributed by atoms with Crippen molar-refractivity contribution in [3.63, 3.8) is 0 Å². The van der Waals surface area contributed by atoms with Crippen LogP contribution in [0.25, 0.3) is 0 Å². The van der Waals surface area contributed by atoms with Gasteiger partial charge in [-0.25, -0.2) is 0 Å². The van der Waals surface area contributed by atoms with Crippen molar-refractivity contribution in [1.82, 2.24) is 10.6 Å². The third kappa shape index (κ3) is 5.52. The van der Waals surface area contributed by atoms with Crippen LogP contribution in [0.5, 0.6) is 0 Å². The minimum atomic E-state index is -0.591. The lowest BCUT2D eigenvalue weighted by molar-refractivity contribution is -0.384. The highest BCUT2D eigenvalue weighted by atomic mass is 35.5. The van der Waals surface area contributed by atoms with Gasteiger partial charge in [0.05, 0.1) is 15.5 Å². The van der Waals surface area contributed by atoms with Crippen LogP contribution in [0.4, 0.5) is 5.69 Å². The van der Waals surface area contributed by atoms with Gasteiger partial charge in [-0.3, -0.25) is 19.7 Å². The Hall–Kier alpha value is -2.93. The quantitative estimate of drug-likeness (QED) is 0.556. The van der Waals surface area contributed by atoms with E-state index in [9.17, 15) is 19.7 Å². The van der Waals surface area contributed by atoms with Gasteiger partial charge in [-0.2, -0.15) is 0 Å². The van der Waals surface area contributed by atoms with Crippen LogP contribution in [-0.4, -0.2) is 22.8 Å². The summed E-state index contributed by atoms with van der Waals surface area (Å²) in [7, 11) is 0. The minimum absolute atomic E-state index is 0.0246. The Morgan fingerprint density at radius 1 is 1.19 bits per heavy atom. The molecule has 0 bridgehead atoms. The van der Waals surface area contributed by atoms with Gasteiger partial charge in [-0.05, 0) is 37.1 Å². The van der Waals surface area contributed by atoms with E-state index < -0.39 is 10.8 Å². The molecule has 0 aliphatic heterocycles. The first-order valence-electron chi connectivity index (χ1n) is 8.43. The second kappa shape index (κ2) is 9.14. The summed E-state index contributed by atoms with van der Waals surface area (Å²) in [4.78, 5) is 34.8. The molecule has 0 saturated heterocycles. The molecule has 2 aromatic carbocycles. The van der Waals surface area contributed by atoms with Gasteiger partial charge in [0.1, 0.15) is 0 Å². The van der Waals surface area contributed by atoms with Crippen molar-refractivity contribution in [3.05, 3.63) is 74.3 Å². The van der Waals surface area contributed by atoms with E-state index in [1.807, 2.05) is 13.8 Å². The SMILES string of the molecule is CCC(C)NC(=O)c1cccc(CNC(=O)c2cc([N+](=O)[O-])ccc2Cl)c1. The van der Waals surface area contributed by atoms with Crippen molar-refractivity contribution in [2.75, 3.05) is 0 Å². The van der Waals surface area contributed by atoms with Crippen molar-refractivity contribution in [3.8, 4) is 0 Å². The molecular formula is C19H20ClN3O4. The van der Waals surface area contributed by atoms with Gasteiger partial charge in [0.2, 0.25) is 0 Å². The van der Waals surface area contributed by atoms with Crippen LogP contribution in [-0.2, 0) is 6.54 Å². The number of non-ortho nitro benzene ring substituents is 1. The average molecular weight is 390 g/mol. The molecule has 0 aromatic heterocycles. The summed E-state index contributed by atoms with van der Waals surface area (Å²) in [6, 6.07) is 10.6. The fourth-order valence-corrected chi connectivity index (χ4v) is 2.51. The monoisotopic (exact) mass is 389 g/mol. The van der Waals surface area contributed by atoms with Crippen molar-refractivity contribution in [2.24, 2.45) is 0 Å². The third-order valence-electron chi connectivity index (χ3n) is 4.04. The Morgan fingerprint density at radius 2 is 1.93 bits per heavy atom. The highest BCUT2D eigenvalue weighted by Gasteiger charge is 2.16. The van der Waals surface area contributed by atoms with E-state index in [-0.39, 0.29) is 34.8 Å². The van der Waals surface area contributed by atoms with Crippen LogP contribution in [0.1, 0.15) is 46.5 Å². The fourth-order valence-electron chi connectivity index (χ4n) is 2.31. The molecule has 0 aliphatic rings. The number of amides is 2. The fraction of sp³-hybridized carbons (Fsp3) is 0.263. The summed E-state index contributed by atoms with van der Waals surface area (Å²) in [5.41, 5.74) is 1.03. The van der Waals surface area contributed by atoms with Crippen LogP contribution in [0.3, 0.4) is 0 Å². The Balaban J connectivity index is 2.08. The number of nitro groups is 1. The molecular weight excluding hydrogens is 370 g/mol. The molecule has 1 unspecified atom stereocenters. The first-order valence-corrected chi connectivity index (χ1v) is 8.81. The van der Waals surface area contributed by atoms with E-state index in [4.69, 9.17) is 11.6 Å². The largest absolute Gasteiger partial charge is 0.350 e. The molecule has 0 radical (unpaired) electrons. The Bertz CT molecular complexity index is 870. The summed E-state index contributed by atoms with van der Waals surface area (Å²) in [5, 5.41) is 16.5. The topological polar surface area (TPSA) is 101 Å². The third-order valence-corrected chi connectivity index (χ3v) is 4.37. The van der Waals surface area contributed by atoms with E-state index in [1.165, 1.54) is 12.1 Å². The van der Waals surface area contributed by atoms with Crippen molar-refractivity contribution in [2.45, 2.75) is 32.9 Å². The number of carbonyl (C=O) groups excluding carboxylic acids is 2. The van der Waals surface area contributed by atoms with E-state index in [0.717, 1.165) is 18.1 Å². The van der Waals surface area contributed by atoms with Crippen molar-refractivity contribution in [1.29, 1.82) is 0 Å². The summed E-state index contributed by atoms with van der Waals surface area (Å²) >= 11 is 5.97. The first-order chi connectivity index (χ1) is 12.8. The number of hydrogen-bond acceptors (Lipinski definition) is 4. The second-order valence-electron chi connectivity index (χ2n) is 6.09. The summed E-state index contributed by atoms with van der Waals surface area (Å²) in [6.45, 7) is 4.06. The van der Waals surface area contributed by atoms with Crippen LogP contribution in [0.15, 0.2) is 42.5 Å². The van der Waals surface area contributed by atoms with Crippen LogP contribution in [0.2, 0.25) is 5.02 Å². The number of rotatable bonds is 7. The average Bonchev–Trinajstić information content (AvgIpc) is 2.66. The number of halogens is 1. The maximum Gasteiger partial charge on any atom is 0.270 e. The van der Waals surface area contributed by atoms with Crippen LogP contribution >= 0.6 is 11.6 Å². The maximum absolute atomic E-state index is 12.3. The smallest absolute Gasteiger partial charge is 0.270 e. The molecule has 0 saturated carbocycles. The number of carbonyl (C=O) groups is 2. The van der Waals surface area contributed by atoms with Crippen LogP contribution in [0, 0.1) is 10.1 Å². The van der Waals surface area contributed by atoms with E-state index in [2.05, 4.69) is 10.6 Å². The van der Waals surface area contributed by atoms with Gasteiger partial charge in [-0.1, -0.05) is 30.7 Å². The van der Waals surface area contributed by atoms with Crippen molar-refractivity contribution < 1.29 is 14.5 Å². The molecule has 2 N–H and O–H groups in total. The Morgan fingerprint density at radius 3 is 2.59 bits per heavy atom. The zero-order chi connectivity index (χ0) is 20.0. The second-order valence-corrected chi connectivity index (χ2v) is 6.49. The predicted octanol–water partition coefficient (Wildman–Crippen LogP) is 3.71. The van der Waals surface area contributed by atoms with E-state index in [1.54, 1.807) is 24.3 Å². The van der Waals surface area contributed by atoms with Gasteiger partial charge in [0, 0.05) is 30.3 Å². The van der Waals surface area contributed by atoms with E-state index in [0.29, 0.717) is 5.56 Å². The highest BCUT2D eigenvalue weighted by molar-refractivity contribution is 6.33. The molecule has 7 nitrogen and oxygen atoms in total. The lowest BCUT2D eigenvalue weighted by atomic mass is 10.1. The molecule has 0 heterocycles. The zero-order valence-electron chi connectivity index (χ0n) is 15.0. The lowest BCUT2D eigenvalue weighted by Gasteiger charge is -2.12. The van der Waals surface area contributed by atoms with Crippen molar-refractivity contribution >= 4 is 29.1 Å². The number of nitro benzene ring substituents is 1. The van der Waals surface area contributed by atoms with E-state index >= 15 is 0 Å². The molecule has 1 atom stereocenters. The first kappa shape index (κ1) is 20.4. The number of benzene rings is 2. The van der Waals surface area contributed by atoms with Gasteiger partial charge in [-0.15, -0.1) is 0 Å². The summed E-state index contributed by atoms with van der Waals surface area (Å²) < 4.78 is 0. The molecule has 0 aliphatic carbocycles. The Labute approximate surface area is 161 Å². The summed E-state index contributed by atoms with van der Waals surface area (Å²) in [5.74, 6) is -0.711. The number of nitrogens with one attached hydrogen (secondary N) is 2. The molecule has 8 heteroatoms. The highest BCUT2D eigenvalue weighted by Crippen LogP contribution is 2.22. The Kier molecular flexibility index (Phi) is 6.90. The number of nitrogens with zero attached hydrogens (tertiary/aromatic N) is 1. The minimum Gasteiger partial charge on any atom is -0.350 e.